The fourth-order valence-electron chi connectivity index (χ4n) is 2.41. The van der Waals surface area contributed by atoms with Crippen molar-refractivity contribution in [2.24, 2.45) is 4.99 Å². The van der Waals surface area contributed by atoms with Crippen molar-refractivity contribution in [2.75, 3.05) is 29.9 Å². The number of nitrogens with one attached hydrogen (secondary N) is 1. The molecule has 0 spiro atoms. The number of phenols is 1. The second-order valence-electron chi connectivity index (χ2n) is 5.41. The smallest absolute Gasteiger partial charge is 0.246 e. The number of carbonyl (C=O) groups is 1. The lowest BCUT2D eigenvalue weighted by Crippen LogP contribution is -2.21. The third kappa shape index (κ3) is 5.32. The van der Waals surface area contributed by atoms with Crippen LogP contribution in [-0.4, -0.2) is 36.9 Å². The number of phenolic OH excluding ortho intramolecular Hbond substituents is 1. The Kier molecular flexibility index (Phi) is 7.01. The summed E-state index contributed by atoms with van der Waals surface area (Å²) >= 11 is 3.38. The van der Waals surface area contributed by atoms with E-state index in [2.05, 4.69) is 45.0 Å². The highest BCUT2D eigenvalue weighted by Crippen LogP contribution is 2.24. The molecule has 0 aliphatic heterocycles. The minimum atomic E-state index is -0.220. The number of amides is 1. The molecule has 0 saturated carbocycles. The SMILES string of the molecule is CCN(CC)c1ccc(C=NCC(=O)Nc2ccccc2Br)c(O)c1. The lowest BCUT2D eigenvalue weighted by molar-refractivity contribution is -0.114. The summed E-state index contributed by atoms with van der Waals surface area (Å²) in [7, 11) is 0. The van der Waals surface area contributed by atoms with Gasteiger partial charge in [-0.2, -0.15) is 0 Å². The number of aliphatic imine (C=N–C) groups is 1. The van der Waals surface area contributed by atoms with E-state index in [1.54, 1.807) is 12.1 Å². The van der Waals surface area contributed by atoms with Crippen molar-refractivity contribution in [2.45, 2.75) is 13.8 Å². The van der Waals surface area contributed by atoms with E-state index >= 15 is 0 Å². The standard InChI is InChI=1S/C19H22BrN3O2/c1-3-23(4-2)15-10-9-14(18(24)11-15)12-21-13-19(25)22-17-8-6-5-7-16(17)20/h5-12,24H,3-4,13H2,1-2H3,(H,22,25). The quantitative estimate of drug-likeness (QED) is 0.685. The number of carbonyl (C=O) groups excluding carboxylic acids is 1. The molecule has 0 saturated heterocycles. The Morgan fingerprint density at radius 2 is 1.96 bits per heavy atom. The summed E-state index contributed by atoms with van der Waals surface area (Å²) in [6.07, 6.45) is 1.51. The molecule has 0 bridgehead atoms. The molecule has 1 amide bonds. The van der Waals surface area contributed by atoms with Gasteiger partial charge in [0.1, 0.15) is 12.3 Å². The number of nitrogens with zero attached hydrogens (tertiary/aromatic N) is 2. The zero-order chi connectivity index (χ0) is 18.2. The van der Waals surface area contributed by atoms with Crippen molar-refractivity contribution >= 4 is 39.4 Å². The third-order valence-corrected chi connectivity index (χ3v) is 4.45. The first-order valence-electron chi connectivity index (χ1n) is 8.17. The van der Waals surface area contributed by atoms with E-state index in [9.17, 15) is 9.90 Å². The van der Waals surface area contributed by atoms with Gasteiger partial charge in [-0.3, -0.25) is 9.79 Å². The Morgan fingerprint density at radius 3 is 2.60 bits per heavy atom. The molecule has 25 heavy (non-hydrogen) atoms. The average Bonchev–Trinajstić information content (AvgIpc) is 2.60. The molecule has 2 aromatic carbocycles. The van der Waals surface area contributed by atoms with Crippen LogP contribution in [0.1, 0.15) is 19.4 Å². The van der Waals surface area contributed by atoms with Crippen molar-refractivity contribution in [3.63, 3.8) is 0 Å². The van der Waals surface area contributed by atoms with E-state index in [0.717, 1.165) is 23.2 Å². The maximum Gasteiger partial charge on any atom is 0.246 e. The van der Waals surface area contributed by atoms with Gasteiger partial charge in [-0.25, -0.2) is 0 Å². The van der Waals surface area contributed by atoms with Gasteiger partial charge in [-0.1, -0.05) is 12.1 Å². The summed E-state index contributed by atoms with van der Waals surface area (Å²) in [5.41, 5.74) is 2.25. The predicted octanol–water partition coefficient (Wildman–Crippen LogP) is 4.06. The van der Waals surface area contributed by atoms with Crippen LogP contribution < -0.4 is 10.2 Å². The zero-order valence-corrected chi connectivity index (χ0v) is 16.0. The van der Waals surface area contributed by atoms with E-state index in [4.69, 9.17) is 0 Å². The van der Waals surface area contributed by atoms with Gasteiger partial charge >= 0.3 is 0 Å². The first kappa shape index (κ1) is 19.0. The van der Waals surface area contributed by atoms with Crippen LogP contribution in [0.5, 0.6) is 5.75 Å². The van der Waals surface area contributed by atoms with E-state index in [1.165, 1.54) is 6.21 Å². The van der Waals surface area contributed by atoms with Gasteiger partial charge in [0.15, 0.2) is 0 Å². The molecule has 5 nitrogen and oxygen atoms in total. The molecule has 0 aromatic heterocycles. The summed E-state index contributed by atoms with van der Waals surface area (Å²) in [5.74, 6) is -0.0678. The number of hydrogen-bond acceptors (Lipinski definition) is 4. The number of aromatic hydroxyl groups is 1. The molecular weight excluding hydrogens is 382 g/mol. The van der Waals surface area contributed by atoms with E-state index in [0.29, 0.717) is 11.3 Å². The van der Waals surface area contributed by atoms with Crippen LogP contribution in [0.3, 0.4) is 0 Å². The molecule has 2 N–H and O–H groups in total. The Hall–Kier alpha value is -2.34. The number of para-hydroxylation sites is 1. The number of hydrogen-bond donors (Lipinski definition) is 2. The first-order chi connectivity index (χ1) is 12.0. The highest BCUT2D eigenvalue weighted by atomic mass is 79.9. The Balaban J connectivity index is 1.97. The summed E-state index contributed by atoms with van der Waals surface area (Å²) in [4.78, 5) is 18.2. The third-order valence-electron chi connectivity index (χ3n) is 3.76. The number of benzene rings is 2. The summed E-state index contributed by atoms with van der Waals surface area (Å²) in [6, 6.07) is 12.8. The number of halogens is 1. The monoisotopic (exact) mass is 403 g/mol. The lowest BCUT2D eigenvalue weighted by Gasteiger charge is -2.21. The van der Waals surface area contributed by atoms with Crippen molar-refractivity contribution in [3.05, 3.63) is 52.5 Å². The van der Waals surface area contributed by atoms with E-state index in [-0.39, 0.29) is 18.2 Å². The highest BCUT2D eigenvalue weighted by molar-refractivity contribution is 9.10. The van der Waals surface area contributed by atoms with Crippen LogP contribution in [-0.2, 0) is 4.79 Å². The molecule has 0 radical (unpaired) electrons. The first-order valence-corrected chi connectivity index (χ1v) is 8.96. The summed E-state index contributed by atoms with van der Waals surface area (Å²) in [5, 5.41) is 12.9. The molecule has 0 aliphatic rings. The lowest BCUT2D eigenvalue weighted by atomic mass is 10.2. The second kappa shape index (κ2) is 9.22. The van der Waals surface area contributed by atoms with Crippen molar-refractivity contribution < 1.29 is 9.90 Å². The normalized spacial score (nSPS) is 10.8. The van der Waals surface area contributed by atoms with Gasteiger partial charge in [-0.05, 0) is 54.0 Å². The second-order valence-corrected chi connectivity index (χ2v) is 6.27. The van der Waals surface area contributed by atoms with Crippen LogP contribution in [0.25, 0.3) is 0 Å². The fourth-order valence-corrected chi connectivity index (χ4v) is 2.79. The topological polar surface area (TPSA) is 64.9 Å². The van der Waals surface area contributed by atoms with Crippen molar-refractivity contribution in [1.29, 1.82) is 0 Å². The molecule has 6 heteroatoms. The van der Waals surface area contributed by atoms with Crippen LogP contribution in [0.2, 0.25) is 0 Å². The Labute approximate surface area is 156 Å². The van der Waals surface area contributed by atoms with Gasteiger partial charge in [0, 0.05) is 41.1 Å². The van der Waals surface area contributed by atoms with Gasteiger partial charge in [0.2, 0.25) is 5.91 Å². The number of rotatable bonds is 7. The minimum Gasteiger partial charge on any atom is -0.507 e. The maximum atomic E-state index is 11.9. The zero-order valence-electron chi connectivity index (χ0n) is 14.4. The van der Waals surface area contributed by atoms with Crippen molar-refractivity contribution in [3.8, 4) is 5.75 Å². The summed E-state index contributed by atoms with van der Waals surface area (Å²) in [6.45, 7) is 5.87. The molecule has 132 valence electrons. The molecular formula is C19H22BrN3O2. The number of anilines is 2. The maximum absolute atomic E-state index is 11.9. The highest BCUT2D eigenvalue weighted by Gasteiger charge is 2.06. The molecule has 0 atom stereocenters. The molecule has 0 aliphatic carbocycles. The fraction of sp³-hybridized carbons (Fsp3) is 0.263. The average molecular weight is 404 g/mol. The summed E-state index contributed by atoms with van der Waals surface area (Å²) < 4.78 is 0.817. The van der Waals surface area contributed by atoms with Crippen molar-refractivity contribution in [1.82, 2.24) is 0 Å². The minimum absolute atomic E-state index is 0.0153. The van der Waals surface area contributed by atoms with Gasteiger partial charge in [0.05, 0.1) is 5.69 Å². The Morgan fingerprint density at radius 1 is 1.24 bits per heavy atom. The Bertz CT molecular complexity index is 758. The van der Waals surface area contributed by atoms with E-state index < -0.39 is 0 Å². The van der Waals surface area contributed by atoms with Crippen LogP contribution in [0.4, 0.5) is 11.4 Å². The van der Waals surface area contributed by atoms with Gasteiger partial charge < -0.3 is 15.3 Å². The molecule has 0 unspecified atom stereocenters. The van der Waals surface area contributed by atoms with Crippen LogP contribution >= 0.6 is 15.9 Å². The van der Waals surface area contributed by atoms with E-state index in [1.807, 2.05) is 30.3 Å². The van der Waals surface area contributed by atoms with Gasteiger partial charge in [0.25, 0.3) is 0 Å². The molecule has 2 rings (SSSR count). The van der Waals surface area contributed by atoms with Crippen LogP contribution in [0, 0.1) is 0 Å². The largest absolute Gasteiger partial charge is 0.507 e. The molecule has 2 aromatic rings. The predicted molar refractivity (Wildman–Crippen MR) is 107 cm³/mol. The van der Waals surface area contributed by atoms with Crippen LogP contribution in [0.15, 0.2) is 51.9 Å². The molecule has 0 fully saturated rings. The molecule has 0 heterocycles. The van der Waals surface area contributed by atoms with Gasteiger partial charge in [-0.15, -0.1) is 0 Å².